The number of carbonyl (C=O) groups is 1. The maximum absolute atomic E-state index is 12.5. The summed E-state index contributed by atoms with van der Waals surface area (Å²) in [6.45, 7) is 3.91. The first-order chi connectivity index (χ1) is 13.7. The first-order valence-electron chi connectivity index (χ1n) is 9.66. The molecule has 0 aliphatic carbocycles. The highest BCUT2D eigenvalue weighted by molar-refractivity contribution is 8.00. The average molecular weight is 409 g/mol. The van der Waals surface area contributed by atoms with Gasteiger partial charge in [0.25, 0.3) is 5.91 Å². The number of fused-ring (bicyclic) bond motifs is 1. The predicted molar refractivity (Wildman–Crippen MR) is 120 cm³/mol. The second kappa shape index (κ2) is 8.84. The minimum Gasteiger partial charge on any atom is -0.351 e. The van der Waals surface area contributed by atoms with Crippen molar-refractivity contribution >= 4 is 39.7 Å². The number of thiophene rings is 1. The Morgan fingerprint density at radius 3 is 2.71 bits per heavy atom. The van der Waals surface area contributed by atoms with Crippen molar-refractivity contribution in [3.63, 3.8) is 0 Å². The molecular formula is C23H24N2OS2. The summed E-state index contributed by atoms with van der Waals surface area (Å²) in [5.74, 6) is 0.0250. The summed E-state index contributed by atoms with van der Waals surface area (Å²) in [5, 5.41) is 4.72. The smallest absolute Gasteiger partial charge is 0.261 e. The van der Waals surface area contributed by atoms with Gasteiger partial charge in [0.05, 0.1) is 15.6 Å². The lowest BCUT2D eigenvalue weighted by molar-refractivity contribution is 0.0957. The van der Waals surface area contributed by atoms with E-state index in [0.29, 0.717) is 11.8 Å². The topological polar surface area (TPSA) is 32.3 Å². The number of anilines is 2. The normalized spacial score (nSPS) is 15.9. The lowest BCUT2D eigenvalue weighted by Crippen LogP contribution is -2.28. The lowest BCUT2D eigenvalue weighted by Gasteiger charge is -2.33. The molecular weight excluding hydrogens is 384 g/mol. The Bertz CT molecular complexity index is 939. The van der Waals surface area contributed by atoms with Gasteiger partial charge in [0.1, 0.15) is 0 Å². The van der Waals surface area contributed by atoms with Crippen LogP contribution in [0.2, 0.25) is 0 Å². The molecule has 0 spiro atoms. The fourth-order valence-electron chi connectivity index (χ4n) is 3.42. The molecule has 0 saturated carbocycles. The molecule has 1 amide bonds. The highest BCUT2D eigenvalue weighted by atomic mass is 32.2. The number of hydrogen-bond donors (Lipinski definition) is 1. The lowest BCUT2D eigenvalue weighted by atomic mass is 10.1. The van der Waals surface area contributed by atoms with E-state index in [1.165, 1.54) is 16.1 Å². The number of para-hydroxylation sites is 1. The van der Waals surface area contributed by atoms with Crippen LogP contribution in [0.25, 0.3) is 0 Å². The average Bonchev–Trinajstić information content (AvgIpc) is 3.21. The molecule has 1 aromatic heterocycles. The minimum atomic E-state index is 0.0250. The monoisotopic (exact) mass is 408 g/mol. The van der Waals surface area contributed by atoms with Crippen LogP contribution < -0.4 is 10.2 Å². The number of aryl methyl sites for hydroxylation is 1. The van der Waals surface area contributed by atoms with Gasteiger partial charge in [0.15, 0.2) is 0 Å². The van der Waals surface area contributed by atoms with E-state index in [9.17, 15) is 4.79 Å². The molecule has 2 aromatic carbocycles. The van der Waals surface area contributed by atoms with Crippen LogP contribution >= 0.6 is 23.1 Å². The fourth-order valence-corrected chi connectivity index (χ4v) is 5.48. The van der Waals surface area contributed by atoms with Gasteiger partial charge in [-0.05, 0) is 42.7 Å². The van der Waals surface area contributed by atoms with Gasteiger partial charge < -0.3 is 10.2 Å². The number of amides is 1. The third kappa shape index (κ3) is 4.42. The SMILES string of the molecule is CC1CN(c2ccc(C(=O)NCCCc3ccccc3)s2)c2ccccc2S1. The minimum absolute atomic E-state index is 0.0250. The van der Waals surface area contributed by atoms with Gasteiger partial charge in [-0.15, -0.1) is 23.1 Å². The summed E-state index contributed by atoms with van der Waals surface area (Å²) < 4.78 is 0. The van der Waals surface area contributed by atoms with Crippen molar-refractivity contribution in [1.82, 2.24) is 5.32 Å². The first kappa shape index (κ1) is 19.1. The molecule has 1 aliphatic rings. The summed E-state index contributed by atoms with van der Waals surface area (Å²) in [5.41, 5.74) is 2.55. The second-order valence-corrected chi connectivity index (χ2v) is 9.53. The number of carbonyl (C=O) groups excluding carboxylic acids is 1. The van der Waals surface area contributed by atoms with E-state index in [0.717, 1.165) is 29.3 Å². The van der Waals surface area contributed by atoms with Crippen LogP contribution in [-0.4, -0.2) is 24.2 Å². The van der Waals surface area contributed by atoms with Crippen molar-refractivity contribution in [2.45, 2.75) is 29.9 Å². The second-order valence-electron chi connectivity index (χ2n) is 6.99. The van der Waals surface area contributed by atoms with E-state index >= 15 is 0 Å². The third-order valence-electron chi connectivity index (χ3n) is 4.78. The number of rotatable bonds is 6. The van der Waals surface area contributed by atoms with E-state index in [-0.39, 0.29) is 5.91 Å². The number of nitrogens with one attached hydrogen (secondary N) is 1. The van der Waals surface area contributed by atoms with Gasteiger partial charge in [-0.25, -0.2) is 0 Å². The van der Waals surface area contributed by atoms with E-state index in [4.69, 9.17) is 0 Å². The molecule has 144 valence electrons. The number of benzene rings is 2. The molecule has 1 atom stereocenters. The van der Waals surface area contributed by atoms with Crippen LogP contribution in [0.15, 0.2) is 71.6 Å². The summed E-state index contributed by atoms with van der Waals surface area (Å²) >= 11 is 3.49. The predicted octanol–water partition coefficient (Wildman–Crippen LogP) is 5.74. The van der Waals surface area contributed by atoms with Gasteiger partial charge >= 0.3 is 0 Å². The van der Waals surface area contributed by atoms with Crippen molar-refractivity contribution in [3.8, 4) is 0 Å². The summed E-state index contributed by atoms with van der Waals surface area (Å²) in [6.07, 6.45) is 1.93. The van der Waals surface area contributed by atoms with Gasteiger partial charge in [-0.1, -0.05) is 49.4 Å². The van der Waals surface area contributed by atoms with Gasteiger partial charge in [0.2, 0.25) is 0 Å². The standard InChI is InChI=1S/C23H24N2OS2/c1-17-16-25(19-11-5-6-12-20(19)27-17)22-14-13-21(28-22)23(26)24-15-7-10-18-8-3-2-4-9-18/h2-6,8-9,11-14,17H,7,10,15-16H2,1H3,(H,24,26). The largest absolute Gasteiger partial charge is 0.351 e. The molecule has 28 heavy (non-hydrogen) atoms. The number of hydrogen-bond acceptors (Lipinski definition) is 4. The van der Waals surface area contributed by atoms with Crippen LogP contribution in [0.3, 0.4) is 0 Å². The summed E-state index contributed by atoms with van der Waals surface area (Å²) in [6, 6.07) is 22.9. The molecule has 0 bridgehead atoms. The zero-order chi connectivity index (χ0) is 19.3. The van der Waals surface area contributed by atoms with Gasteiger partial charge in [-0.3, -0.25) is 4.79 Å². The molecule has 3 aromatic rings. The molecule has 0 saturated heterocycles. The first-order valence-corrected chi connectivity index (χ1v) is 11.4. The van der Waals surface area contributed by atoms with Gasteiger partial charge in [0, 0.05) is 23.2 Å². The zero-order valence-electron chi connectivity index (χ0n) is 15.9. The highest BCUT2D eigenvalue weighted by Crippen LogP contribution is 2.43. The third-order valence-corrected chi connectivity index (χ3v) is 7.03. The van der Waals surface area contributed by atoms with Crippen LogP contribution in [0.5, 0.6) is 0 Å². The molecule has 4 rings (SSSR count). The van der Waals surface area contributed by atoms with Crippen molar-refractivity contribution < 1.29 is 4.79 Å². The molecule has 3 nitrogen and oxygen atoms in total. The van der Waals surface area contributed by atoms with Crippen molar-refractivity contribution in [3.05, 3.63) is 77.2 Å². The fraction of sp³-hybridized carbons (Fsp3) is 0.261. The molecule has 0 fully saturated rings. The molecule has 1 N–H and O–H groups in total. The molecule has 1 unspecified atom stereocenters. The summed E-state index contributed by atoms with van der Waals surface area (Å²) in [4.78, 5) is 17.0. The Morgan fingerprint density at radius 1 is 1.07 bits per heavy atom. The number of thioether (sulfide) groups is 1. The molecule has 2 heterocycles. The quantitative estimate of drug-likeness (QED) is 0.528. The Balaban J connectivity index is 1.37. The Hall–Kier alpha value is -2.24. The van der Waals surface area contributed by atoms with Crippen LogP contribution in [0.1, 0.15) is 28.6 Å². The van der Waals surface area contributed by atoms with E-state index in [2.05, 4.69) is 71.7 Å². The Kier molecular flexibility index (Phi) is 6.03. The van der Waals surface area contributed by atoms with Crippen LogP contribution in [-0.2, 0) is 6.42 Å². The Morgan fingerprint density at radius 2 is 1.86 bits per heavy atom. The zero-order valence-corrected chi connectivity index (χ0v) is 17.6. The van der Waals surface area contributed by atoms with Crippen LogP contribution in [0.4, 0.5) is 10.7 Å². The van der Waals surface area contributed by atoms with E-state index in [1.54, 1.807) is 11.3 Å². The summed E-state index contributed by atoms with van der Waals surface area (Å²) in [7, 11) is 0. The molecule has 5 heteroatoms. The van der Waals surface area contributed by atoms with Crippen LogP contribution in [0, 0.1) is 0 Å². The van der Waals surface area contributed by atoms with Crippen molar-refractivity contribution in [1.29, 1.82) is 0 Å². The number of nitrogens with zero attached hydrogens (tertiary/aromatic N) is 1. The molecule has 0 radical (unpaired) electrons. The maximum Gasteiger partial charge on any atom is 0.261 e. The Labute approximate surface area is 174 Å². The van der Waals surface area contributed by atoms with Crippen molar-refractivity contribution in [2.75, 3.05) is 18.0 Å². The molecule has 1 aliphatic heterocycles. The van der Waals surface area contributed by atoms with Crippen molar-refractivity contribution in [2.24, 2.45) is 0 Å². The highest BCUT2D eigenvalue weighted by Gasteiger charge is 2.24. The van der Waals surface area contributed by atoms with E-state index < -0.39 is 0 Å². The van der Waals surface area contributed by atoms with Gasteiger partial charge in [-0.2, -0.15) is 0 Å². The van der Waals surface area contributed by atoms with E-state index in [1.807, 2.05) is 23.9 Å². The maximum atomic E-state index is 12.5.